The summed E-state index contributed by atoms with van der Waals surface area (Å²) in [5, 5.41) is -0.980. The van der Waals surface area contributed by atoms with Crippen LogP contribution >= 0.6 is 17.7 Å². The molecule has 0 saturated carbocycles. The Balaban J connectivity index is 2.10. The molecule has 7 heteroatoms. The number of amides is 1. The summed E-state index contributed by atoms with van der Waals surface area (Å²) in [6, 6.07) is 7.52. The van der Waals surface area contributed by atoms with Crippen molar-refractivity contribution in [3.8, 4) is 5.75 Å². The summed E-state index contributed by atoms with van der Waals surface area (Å²) in [5.74, 6) is 0.318. The van der Waals surface area contributed by atoms with Crippen molar-refractivity contribution in [1.82, 2.24) is 0 Å². The van der Waals surface area contributed by atoms with Crippen molar-refractivity contribution in [2.75, 3.05) is 26.5 Å². The molecule has 5 nitrogen and oxygen atoms in total. The topological polar surface area (TPSA) is 78.6 Å². The number of benzene rings is 1. The standard InChI is InChI=1S/C17H26NO4PS/c1-3-4-11-22-14-5-7-15(8-6-14)24-23(2,20)17(16(18)19)9-12-21-13-10-17/h5-8H,3-4,9-13H2,1-2H3,(H2,18,19). The molecule has 0 bridgehead atoms. The molecular formula is C17H26NO4PS. The first kappa shape index (κ1) is 19.4. The third kappa shape index (κ3) is 4.35. The van der Waals surface area contributed by atoms with Crippen LogP contribution in [0.25, 0.3) is 0 Å². The summed E-state index contributed by atoms with van der Waals surface area (Å²) in [6.07, 6.45) is 0.0460. The van der Waals surface area contributed by atoms with Crippen molar-refractivity contribution in [3.05, 3.63) is 24.3 Å². The van der Waals surface area contributed by atoms with Crippen molar-refractivity contribution < 1.29 is 18.8 Å². The number of rotatable bonds is 8. The minimum absolute atomic E-state index is 0.418. The molecule has 1 aromatic rings. The van der Waals surface area contributed by atoms with E-state index in [0.29, 0.717) is 32.7 Å². The normalized spacial score (nSPS) is 19.4. The zero-order valence-electron chi connectivity index (χ0n) is 14.3. The smallest absolute Gasteiger partial charge is 0.232 e. The Bertz CT molecular complexity index is 599. The van der Waals surface area contributed by atoms with E-state index in [-0.39, 0.29) is 0 Å². The number of unbranched alkanes of at least 4 members (excludes halogenated alkanes) is 1. The first-order valence-corrected chi connectivity index (χ1v) is 11.9. The first-order chi connectivity index (χ1) is 11.4. The Labute approximate surface area is 147 Å². The van der Waals surface area contributed by atoms with Gasteiger partial charge in [-0.1, -0.05) is 24.7 Å². The van der Waals surface area contributed by atoms with Crippen LogP contribution in [-0.4, -0.2) is 37.5 Å². The summed E-state index contributed by atoms with van der Waals surface area (Å²) < 4.78 is 24.3. The van der Waals surface area contributed by atoms with Crippen LogP contribution in [0.1, 0.15) is 32.6 Å². The van der Waals surface area contributed by atoms with Crippen molar-refractivity contribution in [2.45, 2.75) is 42.7 Å². The molecule has 134 valence electrons. The lowest BCUT2D eigenvalue weighted by Crippen LogP contribution is -2.47. The third-order valence-electron chi connectivity index (χ3n) is 4.43. The van der Waals surface area contributed by atoms with E-state index in [1.165, 1.54) is 11.4 Å². The predicted octanol–water partition coefficient (Wildman–Crippen LogP) is 3.90. The Morgan fingerprint density at radius 2 is 1.96 bits per heavy atom. The number of ether oxygens (including phenoxy) is 2. The molecule has 0 aromatic heterocycles. The van der Waals surface area contributed by atoms with Crippen LogP contribution in [-0.2, 0) is 14.1 Å². The van der Waals surface area contributed by atoms with E-state index in [4.69, 9.17) is 15.2 Å². The van der Waals surface area contributed by atoms with Crippen LogP contribution in [0.15, 0.2) is 29.2 Å². The molecule has 1 fully saturated rings. The fraction of sp³-hybridized carbons (Fsp3) is 0.588. The molecule has 1 amide bonds. The summed E-state index contributed by atoms with van der Waals surface area (Å²) in [6.45, 7) is 5.32. The molecule has 1 aliphatic heterocycles. The molecule has 0 radical (unpaired) electrons. The molecule has 1 aliphatic rings. The van der Waals surface area contributed by atoms with Gasteiger partial charge in [0.25, 0.3) is 0 Å². The molecular weight excluding hydrogens is 345 g/mol. The zero-order chi connectivity index (χ0) is 17.6. The summed E-state index contributed by atoms with van der Waals surface area (Å²) in [4.78, 5) is 12.9. The van der Waals surface area contributed by atoms with Crippen molar-refractivity contribution >= 4 is 23.6 Å². The Morgan fingerprint density at radius 1 is 1.33 bits per heavy atom. The van der Waals surface area contributed by atoms with Gasteiger partial charge in [-0.05, 0) is 50.2 Å². The van der Waals surface area contributed by atoms with Gasteiger partial charge in [-0.25, -0.2) is 0 Å². The highest BCUT2D eigenvalue weighted by Gasteiger charge is 2.51. The van der Waals surface area contributed by atoms with Gasteiger partial charge in [-0.2, -0.15) is 0 Å². The highest BCUT2D eigenvalue weighted by Crippen LogP contribution is 2.70. The maximum Gasteiger partial charge on any atom is 0.232 e. The molecule has 2 N–H and O–H groups in total. The highest BCUT2D eigenvalue weighted by molar-refractivity contribution is 8.58. The van der Waals surface area contributed by atoms with Gasteiger partial charge in [0.15, 0.2) is 6.34 Å². The third-order valence-corrected chi connectivity index (χ3v) is 10.2. The molecule has 1 atom stereocenters. The molecule has 1 heterocycles. The van der Waals surface area contributed by atoms with Crippen molar-refractivity contribution in [3.63, 3.8) is 0 Å². The van der Waals surface area contributed by atoms with E-state index in [9.17, 15) is 9.36 Å². The van der Waals surface area contributed by atoms with Crippen LogP contribution in [0, 0.1) is 0 Å². The minimum Gasteiger partial charge on any atom is -0.494 e. The molecule has 0 spiro atoms. The number of primary amides is 1. The number of hydrogen-bond donors (Lipinski definition) is 1. The van der Waals surface area contributed by atoms with E-state index in [0.717, 1.165) is 23.5 Å². The zero-order valence-corrected chi connectivity index (χ0v) is 16.0. The molecule has 1 saturated heterocycles. The average molecular weight is 371 g/mol. The van der Waals surface area contributed by atoms with Crippen LogP contribution < -0.4 is 10.5 Å². The van der Waals surface area contributed by atoms with Gasteiger partial charge >= 0.3 is 0 Å². The molecule has 1 unspecified atom stereocenters. The molecule has 24 heavy (non-hydrogen) atoms. The van der Waals surface area contributed by atoms with Gasteiger partial charge < -0.3 is 19.8 Å². The fourth-order valence-electron chi connectivity index (χ4n) is 2.78. The number of hydrogen-bond acceptors (Lipinski definition) is 5. The van der Waals surface area contributed by atoms with Crippen LogP contribution in [0.4, 0.5) is 0 Å². The summed E-state index contributed by atoms with van der Waals surface area (Å²) >= 11 is 1.26. The number of carbonyl (C=O) groups is 1. The van der Waals surface area contributed by atoms with E-state index < -0.39 is 17.4 Å². The first-order valence-electron chi connectivity index (χ1n) is 8.29. The maximum absolute atomic E-state index is 13.4. The lowest BCUT2D eigenvalue weighted by Gasteiger charge is -2.38. The van der Waals surface area contributed by atoms with Crippen molar-refractivity contribution in [1.29, 1.82) is 0 Å². The van der Waals surface area contributed by atoms with Gasteiger partial charge in [0.2, 0.25) is 5.91 Å². The highest BCUT2D eigenvalue weighted by atomic mass is 32.7. The fourth-order valence-corrected chi connectivity index (χ4v) is 7.93. The Hall–Kier alpha value is -0.970. The van der Waals surface area contributed by atoms with Crippen LogP contribution in [0.5, 0.6) is 5.75 Å². The second-order valence-electron chi connectivity index (χ2n) is 6.12. The minimum atomic E-state index is -2.90. The van der Waals surface area contributed by atoms with Crippen LogP contribution in [0.3, 0.4) is 0 Å². The van der Waals surface area contributed by atoms with Gasteiger partial charge in [-0.3, -0.25) is 4.79 Å². The summed E-state index contributed by atoms with van der Waals surface area (Å²) in [5.41, 5.74) is 5.63. The largest absolute Gasteiger partial charge is 0.494 e. The number of carbonyl (C=O) groups excluding carboxylic acids is 1. The van der Waals surface area contributed by atoms with Gasteiger partial charge in [0.05, 0.1) is 6.61 Å². The molecule has 1 aromatic carbocycles. The second kappa shape index (κ2) is 8.41. The lowest BCUT2D eigenvalue weighted by atomic mass is 9.98. The monoisotopic (exact) mass is 371 g/mol. The molecule has 0 aliphatic carbocycles. The SMILES string of the molecule is CCCCOc1ccc(SP(C)(=O)C2(C(N)=O)CCOCC2)cc1. The second-order valence-corrected chi connectivity index (χ2v) is 12.0. The lowest BCUT2D eigenvalue weighted by molar-refractivity contribution is -0.122. The summed E-state index contributed by atoms with van der Waals surface area (Å²) in [7, 11) is 0. The Morgan fingerprint density at radius 3 is 2.50 bits per heavy atom. The Kier molecular flexibility index (Phi) is 6.79. The van der Waals surface area contributed by atoms with E-state index in [1.807, 2.05) is 24.3 Å². The van der Waals surface area contributed by atoms with Gasteiger partial charge in [0.1, 0.15) is 10.9 Å². The van der Waals surface area contributed by atoms with E-state index in [2.05, 4.69) is 6.92 Å². The molecule has 2 rings (SSSR count). The maximum atomic E-state index is 13.4. The van der Waals surface area contributed by atoms with Crippen molar-refractivity contribution in [2.24, 2.45) is 5.73 Å². The number of nitrogens with two attached hydrogens (primary N) is 1. The van der Waals surface area contributed by atoms with Crippen LogP contribution in [0.2, 0.25) is 0 Å². The van der Waals surface area contributed by atoms with Gasteiger partial charge in [-0.15, -0.1) is 0 Å². The quantitative estimate of drug-likeness (QED) is 0.554. The van der Waals surface area contributed by atoms with E-state index in [1.54, 1.807) is 6.66 Å². The average Bonchev–Trinajstić information content (AvgIpc) is 2.57. The van der Waals surface area contributed by atoms with E-state index >= 15 is 0 Å². The van der Waals surface area contributed by atoms with Gasteiger partial charge in [0, 0.05) is 18.1 Å². The predicted molar refractivity (Wildman–Crippen MR) is 98.2 cm³/mol.